The molecular weight excluding hydrogens is 1160 g/mol. The molecule has 2 heterocycles. The Balaban J connectivity index is 0.913. The fourth-order valence-corrected chi connectivity index (χ4v) is 15.9. The van der Waals surface area contributed by atoms with Gasteiger partial charge in [-0.2, -0.15) is 9.97 Å². The zero-order valence-corrected chi connectivity index (χ0v) is 53.0. The van der Waals surface area contributed by atoms with E-state index in [0.717, 1.165) is 71.7 Å². The summed E-state index contributed by atoms with van der Waals surface area (Å²) in [7, 11) is 0. The molecule has 0 unspecified atom stereocenters. The highest BCUT2D eigenvalue weighted by molar-refractivity contribution is 6.18. The van der Waals surface area contributed by atoms with E-state index in [2.05, 4.69) is 346 Å². The lowest BCUT2D eigenvalue weighted by molar-refractivity contribution is 0.661. The number of aromatic nitrogens is 4. The van der Waals surface area contributed by atoms with Gasteiger partial charge in [0.1, 0.15) is 0 Å². The molecule has 0 atom stereocenters. The molecule has 0 radical (unpaired) electrons. The third kappa shape index (κ3) is 8.87. The number of hydrogen-bond donors (Lipinski definition) is 0. The standard InChI is InChI=1S/C92H60N4/c1-92(2)84-45-16-14-37-77(84)82-55-83-78-38-15-17-46-86(78)96(87(83)56-85(82)92)91-94-89(61-27-4-3-5-28-61)93-90(95-91)67-52-63(62-49-64(72-39-18-29-57-23-6-10-33-68(57)72)53-65(50-62)73-40-19-30-58-24-7-11-34-69(58)73)51-66(54-67)74-47-48-81(76-42-21-32-60-26-9-13-36-71(60)76)88-79(74)43-22-44-80(88)75-41-20-31-59-25-8-12-35-70(59)75/h3-56H,1-2H3. The monoisotopic (exact) mass is 1220 g/mol. The van der Waals surface area contributed by atoms with E-state index in [1.54, 1.807) is 0 Å². The molecule has 0 aliphatic heterocycles. The van der Waals surface area contributed by atoms with Gasteiger partial charge in [-0.25, -0.2) is 4.98 Å². The van der Waals surface area contributed by atoms with Crippen LogP contribution in [0, 0.1) is 0 Å². The van der Waals surface area contributed by atoms with Crippen molar-refractivity contribution in [1.29, 1.82) is 0 Å². The van der Waals surface area contributed by atoms with Gasteiger partial charge in [0.05, 0.1) is 11.0 Å². The second-order valence-electron chi connectivity index (χ2n) is 26.2. The Hall–Kier alpha value is -12.4. The summed E-state index contributed by atoms with van der Waals surface area (Å²) in [5, 5.41) is 14.2. The second-order valence-corrected chi connectivity index (χ2v) is 26.2. The van der Waals surface area contributed by atoms with Crippen molar-refractivity contribution >= 4 is 75.7 Å². The summed E-state index contributed by atoms with van der Waals surface area (Å²) in [5.41, 5.74) is 22.3. The van der Waals surface area contributed by atoms with Crippen molar-refractivity contribution in [3.63, 3.8) is 0 Å². The highest BCUT2D eigenvalue weighted by atomic mass is 15.2. The van der Waals surface area contributed by atoms with Crippen LogP contribution in [0.2, 0.25) is 0 Å². The molecule has 0 bridgehead atoms. The van der Waals surface area contributed by atoms with Crippen LogP contribution in [0.4, 0.5) is 0 Å². The summed E-state index contributed by atoms with van der Waals surface area (Å²) in [6.07, 6.45) is 0. The van der Waals surface area contributed by atoms with E-state index < -0.39 is 0 Å². The average molecular weight is 1220 g/mol. The summed E-state index contributed by atoms with van der Waals surface area (Å²) < 4.78 is 2.28. The fraction of sp³-hybridized carbons (Fsp3) is 0.0326. The zero-order valence-electron chi connectivity index (χ0n) is 53.0. The summed E-state index contributed by atoms with van der Waals surface area (Å²) in [5.74, 6) is 1.70. The lowest BCUT2D eigenvalue weighted by Crippen LogP contribution is -2.15. The SMILES string of the molecule is CC1(C)c2ccccc2-c2cc3c4ccccc4n(-c4nc(-c5ccccc5)nc(-c5cc(-c6cc(-c7cccc8ccccc78)cc(-c7cccc8ccccc78)c6)cc(-c6ccc(-c7cccc8ccccc78)c7c(-c8cccc9ccccc89)cccc67)c5)n4)c3cc21. The molecule has 1 aliphatic rings. The molecule has 1 aliphatic carbocycles. The van der Waals surface area contributed by atoms with Crippen molar-refractivity contribution in [2.75, 3.05) is 0 Å². The van der Waals surface area contributed by atoms with Crippen molar-refractivity contribution in [1.82, 2.24) is 19.5 Å². The quantitative estimate of drug-likeness (QED) is 0.145. The first kappa shape index (κ1) is 55.3. The minimum atomic E-state index is -0.233. The van der Waals surface area contributed by atoms with Gasteiger partial charge in [0.25, 0.3) is 0 Å². The van der Waals surface area contributed by atoms with E-state index >= 15 is 0 Å². The van der Waals surface area contributed by atoms with Crippen LogP contribution in [-0.2, 0) is 5.41 Å². The Morgan fingerprint density at radius 2 is 0.625 bits per heavy atom. The van der Waals surface area contributed by atoms with E-state index in [4.69, 9.17) is 15.0 Å². The Morgan fingerprint density at radius 1 is 0.229 bits per heavy atom. The van der Waals surface area contributed by atoms with Gasteiger partial charge in [0.15, 0.2) is 11.6 Å². The maximum atomic E-state index is 5.78. The Morgan fingerprint density at radius 3 is 1.23 bits per heavy atom. The summed E-state index contributed by atoms with van der Waals surface area (Å²) in [4.78, 5) is 16.9. The van der Waals surface area contributed by atoms with Gasteiger partial charge in [-0.15, -0.1) is 0 Å². The molecule has 4 nitrogen and oxygen atoms in total. The third-order valence-corrected chi connectivity index (χ3v) is 20.4. The number of hydrogen-bond acceptors (Lipinski definition) is 3. The molecule has 2 aromatic heterocycles. The van der Waals surface area contributed by atoms with Crippen LogP contribution in [0.15, 0.2) is 328 Å². The van der Waals surface area contributed by atoms with Crippen LogP contribution in [0.5, 0.6) is 0 Å². The molecule has 448 valence electrons. The van der Waals surface area contributed by atoms with E-state index in [-0.39, 0.29) is 5.41 Å². The Bertz CT molecular complexity index is 6050. The van der Waals surface area contributed by atoms with Crippen LogP contribution >= 0.6 is 0 Å². The van der Waals surface area contributed by atoms with Crippen molar-refractivity contribution in [3.8, 4) is 107 Å². The fourth-order valence-electron chi connectivity index (χ4n) is 15.9. The zero-order chi connectivity index (χ0) is 63.6. The average Bonchev–Trinajstić information content (AvgIpc) is 1.51. The lowest BCUT2D eigenvalue weighted by Gasteiger charge is -2.21. The minimum Gasteiger partial charge on any atom is -0.278 e. The van der Waals surface area contributed by atoms with Crippen LogP contribution < -0.4 is 0 Å². The molecular formula is C92H60N4. The summed E-state index contributed by atoms with van der Waals surface area (Å²) in [6, 6.07) is 120. The molecule has 0 fully saturated rings. The maximum absolute atomic E-state index is 5.78. The number of rotatable bonds is 9. The van der Waals surface area contributed by atoms with Gasteiger partial charge in [-0.3, -0.25) is 4.57 Å². The minimum absolute atomic E-state index is 0.233. The number of para-hydroxylation sites is 1. The molecule has 0 saturated heterocycles. The first-order valence-corrected chi connectivity index (χ1v) is 33.1. The smallest absolute Gasteiger partial charge is 0.238 e. The van der Waals surface area contributed by atoms with E-state index in [1.165, 1.54) is 104 Å². The second kappa shape index (κ2) is 21.9. The lowest BCUT2D eigenvalue weighted by atomic mass is 9.82. The van der Waals surface area contributed by atoms with Crippen molar-refractivity contribution in [2.24, 2.45) is 0 Å². The van der Waals surface area contributed by atoms with Crippen LogP contribution in [-0.4, -0.2) is 19.5 Å². The molecule has 96 heavy (non-hydrogen) atoms. The Kier molecular flexibility index (Phi) is 12.6. The van der Waals surface area contributed by atoms with Crippen molar-refractivity contribution < 1.29 is 0 Å². The molecule has 4 heteroatoms. The van der Waals surface area contributed by atoms with E-state index in [1.807, 2.05) is 0 Å². The third-order valence-electron chi connectivity index (χ3n) is 20.4. The molecule has 16 aromatic carbocycles. The van der Waals surface area contributed by atoms with Crippen LogP contribution in [0.3, 0.4) is 0 Å². The van der Waals surface area contributed by atoms with Gasteiger partial charge < -0.3 is 0 Å². The van der Waals surface area contributed by atoms with Gasteiger partial charge in [0, 0.05) is 27.3 Å². The number of benzene rings is 16. The van der Waals surface area contributed by atoms with Crippen molar-refractivity contribution in [3.05, 3.63) is 339 Å². The highest BCUT2D eigenvalue weighted by Gasteiger charge is 2.36. The van der Waals surface area contributed by atoms with Gasteiger partial charge >= 0.3 is 0 Å². The van der Waals surface area contributed by atoms with Crippen molar-refractivity contribution in [2.45, 2.75) is 19.3 Å². The number of nitrogens with zero attached hydrogens (tertiary/aromatic N) is 4. The predicted molar refractivity (Wildman–Crippen MR) is 403 cm³/mol. The molecule has 0 amide bonds. The summed E-state index contributed by atoms with van der Waals surface area (Å²) in [6.45, 7) is 4.70. The van der Waals surface area contributed by atoms with Gasteiger partial charge in [-0.05, 0) is 197 Å². The van der Waals surface area contributed by atoms with Gasteiger partial charge in [0.2, 0.25) is 5.95 Å². The maximum Gasteiger partial charge on any atom is 0.238 e. The Labute approximate surface area is 556 Å². The van der Waals surface area contributed by atoms with Crippen LogP contribution in [0.25, 0.3) is 182 Å². The molecule has 19 rings (SSSR count). The molecule has 0 N–H and O–H groups in total. The first-order valence-electron chi connectivity index (χ1n) is 33.1. The largest absolute Gasteiger partial charge is 0.278 e. The highest BCUT2D eigenvalue weighted by Crippen LogP contribution is 2.52. The topological polar surface area (TPSA) is 43.6 Å². The predicted octanol–water partition coefficient (Wildman–Crippen LogP) is 24.4. The molecule has 18 aromatic rings. The van der Waals surface area contributed by atoms with E-state index in [0.29, 0.717) is 17.6 Å². The molecule has 0 spiro atoms. The number of fused-ring (bicyclic) bond motifs is 11. The van der Waals surface area contributed by atoms with Crippen LogP contribution in [0.1, 0.15) is 25.0 Å². The normalized spacial score (nSPS) is 12.6. The first-order chi connectivity index (χ1) is 47.3. The van der Waals surface area contributed by atoms with Gasteiger partial charge in [-0.1, -0.05) is 287 Å². The molecule has 0 saturated carbocycles. The van der Waals surface area contributed by atoms with E-state index in [9.17, 15) is 0 Å². The summed E-state index contributed by atoms with van der Waals surface area (Å²) >= 11 is 0.